The van der Waals surface area contributed by atoms with E-state index in [1.807, 2.05) is 18.2 Å². The number of halogens is 1. The van der Waals surface area contributed by atoms with E-state index in [9.17, 15) is 4.39 Å². The summed E-state index contributed by atoms with van der Waals surface area (Å²) >= 11 is 5.04. The summed E-state index contributed by atoms with van der Waals surface area (Å²) in [5.74, 6) is 0.320. The van der Waals surface area contributed by atoms with Crippen molar-refractivity contribution in [2.45, 2.75) is 6.61 Å². The van der Waals surface area contributed by atoms with Gasteiger partial charge in [-0.1, -0.05) is 36.4 Å². The number of benzene rings is 2. The highest BCUT2D eigenvalue weighted by Gasteiger charge is 2.04. The molecule has 0 amide bonds. The summed E-state index contributed by atoms with van der Waals surface area (Å²) in [4.78, 5) is 0. The van der Waals surface area contributed by atoms with Crippen LogP contribution in [-0.4, -0.2) is 17.9 Å². The van der Waals surface area contributed by atoms with Crippen LogP contribution >= 0.6 is 12.2 Å². The van der Waals surface area contributed by atoms with Crippen LogP contribution < -0.4 is 15.5 Å². The number of para-hydroxylation sites is 1. The second-order valence-electron chi connectivity index (χ2n) is 4.79. The number of hydrogen-bond acceptors (Lipinski definition) is 3. The monoisotopic (exact) mass is 343 g/mol. The fourth-order valence-electron chi connectivity index (χ4n) is 1.85. The molecule has 0 saturated heterocycles. The number of ether oxygens (including phenoxy) is 1. The van der Waals surface area contributed by atoms with Gasteiger partial charge >= 0.3 is 0 Å². The van der Waals surface area contributed by atoms with Gasteiger partial charge < -0.3 is 10.1 Å². The molecule has 124 valence electrons. The van der Waals surface area contributed by atoms with E-state index in [0.29, 0.717) is 23.0 Å². The molecule has 0 heterocycles. The Morgan fingerprint density at radius 2 is 1.96 bits per heavy atom. The van der Waals surface area contributed by atoms with Crippen molar-refractivity contribution in [2.75, 3.05) is 6.54 Å². The minimum Gasteiger partial charge on any atom is -0.488 e. The van der Waals surface area contributed by atoms with Crippen LogP contribution in [0.3, 0.4) is 0 Å². The fourth-order valence-corrected chi connectivity index (χ4v) is 1.99. The van der Waals surface area contributed by atoms with Gasteiger partial charge in [-0.3, -0.25) is 5.43 Å². The fraction of sp³-hybridized carbons (Fsp3) is 0.111. The van der Waals surface area contributed by atoms with Gasteiger partial charge in [0.25, 0.3) is 0 Å². The van der Waals surface area contributed by atoms with Crippen LogP contribution in [0, 0.1) is 5.82 Å². The lowest BCUT2D eigenvalue weighted by Crippen LogP contribution is -2.31. The number of thiocarbonyl (C=S) groups is 1. The molecule has 24 heavy (non-hydrogen) atoms. The average molecular weight is 343 g/mol. The molecule has 2 aromatic carbocycles. The first-order valence-electron chi connectivity index (χ1n) is 7.33. The molecule has 2 rings (SSSR count). The molecule has 0 aliphatic heterocycles. The zero-order valence-corrected chi connectivity index (χ0v) is 13.9. The van der Waals surface area contributed by atoms with E-state index in [0.717, 1.165) is 5.56 Å². The van der Waals surface area contributed by atoms with Crippen molar-refractivity contribution >= 4 is 23.5 Å². The molecule has 0 aliphatic rings. The molecule has 4 nitrogen and oxygen atoms in total. The maximum atomic E-state index is 13.6. The quantitative estimate of drug-likeness (QED) is 0.350. The summed E-state index contributed by atoms with van der Waals surface area (Å²) in [6.45, 7) is 4.29. The van der Waals surface area contributed by atoms with Crippen LogP contribution in [0.2, 0.25) is 0 Å². The molecule has 0 saturated carbocycles. The first-order valence-corrected chi connectivity index (χ1v) is 7.74. The number of nitrogens with zero attached hydrogens (tertiary/aromatic N) is 1. The summed E-state index contributed by atoms with van der Waals surface area (Å²) < 4.78 is 19.3. The maximum absolute atomic E-state index is 13.6. The second kappa shape index (κ2) is 9.42. The van der Waals surface area contributed by atoms with Crippen LogP contribution in [0.4, 0.5) is 4.39 Å². The highest BCUT2D eigenvalue weighted by atomic mass is 32.1. The van der Waals surface area contributed by atoms with E-state index >= 15 is 0 Å². The molecule has 0 fully saturated rings. The highest BCUT2D eigenvalue weighted by molar-refractivity contribution is 7.80. The van der Waals surface area contributed by atoms with Crippen molar-refractivity contribution in [3.63, 3.8) is 0 Å². The van der Waals surface area contributed by atoms with Crippen molar-refractivity contribution < 1.29 is 9.13 Å². The molecule has 2 aromatic rings. The SMILES string of the molecule is C=CCNC(=S)N/N=C/c1ccccc1OCc1ccccc1F. The van der Waals surface area contributed by atoms with Crippen LogP contribution in [-0.2, 0) is 6.61 Å². The number of hydrogen-bond donors (Lipinski definition) is 2. The molecular formula is C18H18FN3OS. The Kier molecular flexibility index (Phi) is 6.91. The van der Waals surface area contributed by atoms with Crippen molar-refractivity contribution in [2.24, 2.45) is 5.10 Å². The minimum atomic E-state index is -0.288. The first-order chi connectivity index (χ1) is 11.7. The van der Waals surface area contributed by atoms with E-state index in [2.05, 4.69) is 22.4 Å². The maximum Gasteiger partial charge on any atom is 0.187 e. The predicted octanol–water partition coefficient (Wildman–Crippen LogP) is 3.39. The number of nitrogens with one attached hydrogen (secondary N) is 2. The Bertz CT molecular complexity index is 734. The molecule has 2 N–H and O–H groups in total. The Labute approximate surface area is 146 Å². The third-order valence-corrected chi connectivity index (χ3v) is 3.27. The molecular weight excluding hydrogens is 325 g/mol. The molecule has 0 atom stereocenters. The zero-order valence-electron chi connectivity index (χ0n) is 13.0. The molecule has 0 unspecified atom stereocenters. The summed E-state index contributed by atoms with van der Waals surface area (Å²) in [6.07, 6.45) is 3.29. The molecule has 0 aromatic heterocycles. The van der Waals surface area contributed by atoms with Crippen molar-refractivity contribution in [3.8, 4) is 5.75 Å². The molecule has 6 heteroatoms. The third-order valence-electron chi connectivity index (χ3n) is 3.04. The second-order valence-corrected chi connectivity index (χ2v) is 5.19. The molecule has 0 aliphatic carbocycles. The van der Waals surface area contributed by atoms with Gasteiger partial charge in [0.05, 0.1) is 6.21 Å². The van der Waals surface area contributed by atoms with Gasteiger partial charge in [0, 0.05) is 17.7 Å². The van der Waals surface area contributed by atoms with Gasteiger partial charge in [-0.15, -0.1) is 6.58 Å². The lowest BCUT2D eigenvalue weighted by atomic mass is 10.2. The average Bonchev–Trinajstić information content (AvgIpc) is 2.60. The smallest absolute Gasteiger partial charge is 0.187 e. The van der Waals surface area contributed by atoms with Crippen molar-refractivity contribution in [1.29, 1.82) is 0 Å². The number of hydrazone groups is 1. The Balaban J connectivity index is 1.98. The van der Waals surface area contributed by atoms with Gasteiger partial charge in [-0.2, -0.15) is 5.10 Å². The minimum absolute atomic E-state index is 0.143. The third kappa shape index (κ3) is 5.48. The summed E-state index contributed by atoms with van der Waals surface area (Å²) in [5, 5.41) is 7.36. The van der Waals surface area contributed by atoms with E-state index in [-0.39, 0.29) is 12.4 Å². The Hall–Kier alpha value is -2.73. The molecule has 0 spiro atoms. The summed E-state index contributed by atoms with van der Waals surface area (Å²) in [5.41, 5.74) is 3.96. The van der Waals surface area contributed by atoms with E-state index in [4.69, 9.17) is 17.0 Å². The first kappa shape index (κ1) is 17.6. The van der Waals surface area contributed by atoms with Crippen LogP contribution in [0.5, 0.6) is 5.75 Å². The largest absolute Gasteiger partial charge is 0.488 e. The van der Waals surface area contributed by atoms with Gasteiger partial charge in [-0.25, -0.2) is 4.39 Å². The Morgan fingerprint density at radius 1 is 1.21 bits per heavy atom. The van der Waals surface area contributed by atoms with Gasteiger partial charge in [0.15, 0.2) is 5.11 Å². The lowest BCUT2D eigenvalue weighted by molar-refractivity contribution is 0.299. The van der Waals surface area contributed by atoms with Crippen LogP contribution in [0.25, 0.3) is 0 Å². The van der Waals surface area contributed by atoms with Gasteiger partial charge in [0.1, 0.15) is 18.2 Å². The van der Waals surface area contributed by atoms with E-state index in [1.54, 1.807) is 36.6 Å². The van der Waals surface area contributed by atoms with Crippen LogP contribution in [0.1, 0.15) is 11.1 Å². The summed E-state index contributed by atoms with van der Waals surface area (Å²) in [7, 11) is 0. The standard InChI is InChI=1S/C18H18FN3OS/c1-2-11-20-18(24)22-21-12-14-7-4-6-10-17(14)23-13-15-8-3-5-9-16(15)19/h2-10,12H,1,11,13H2,(H2,20,22,24)/b21-12+. The topological polar surface area (TPSA) is 45.7 Å². The lowest BCUT2D eigenvalue weighted by Gasteiger charge is -2.09. The summed E-state index contributed by atoms with van der Waals surface area (Å²) in [6, 6.07) is 13.9. The molecule has 0 radical (unpaired) electrons. The zero-order chi connectivity index (χ0) is 17.2. The highest BCUT2D eigenvalue weighted by Crippen LogP contribution is 2.18. The number of rotatable bonds is 7. The normalized spacial score (nSPS) is 10.4. The van der Waals surface area contributed by atoms with Gasteiger partial charge in [0.2, 0.25) is 0 Å². The van der Waals surface area contributed by atoms with Gasteiger partial charge in [-0.05, 0) is 30.4 Å². The van der Waals surface area contributed by atoms with Crippen LogP contribution in [0.15, 0.2) is 66.3 Å². The Morgan fingerprint density at radius 3 is 2.75 bits per heavy atom. The predicted molar refractivity (Wildman–Crippen MR) is 98.7 cm³/mol. The van der Waals surface area contributed by atoms with Crippen molar-refractivity contribution in [3.05, 3.63) is 78.1 Å². The van der Waals surface area contributed by atoms with E-state index < -0.39 is 0 Å². The van der Waals surface area contributed by atoms with Crippen molar-refractivity contribution in [1.82, 2.24) is 10.7 Å². The van der Waals surface area contributed by atoms with E-state index in [1.165, 1.54) is 6.07 Å². The molecule has 0 bridgehead atoms.